The molecule has 0 bridgehead atoms. The molecule has 3 nitrogen and oxygen atoms in total. The summed E-state index contributed by atoms with van der Waals surface area (Å²) in [6.07, 6.45) is 1.86. The van der Waals surface area contributed by atoms with E-state index in [1.165, 1.54) is 0 Å². The SMILES string of the molecule is Cn1ccc(CC(O)c2ccc(Br)c(Br)c2)n1. The van der Waals surface area contributed by atoms with E-state index in [0.29, 0.717) is 6.42 Å². The summed E-state index contributed by atoms with van der Waals surface area (Å²) in [5, 5.41) is 14.4. The second-order valence-corrected chi connectivity index (χ2v) is 5.58. The number of nitrogens with zero attached hydrogens (tertiary/aromatic N) is 2. The Kier molecular flexibility index (Phi) is 4.01. The van der Waals surface area contributed by atoms with Gasteiger partial charge in [-0.05, 0) is 55.6 Å². The van der Waals surface area contributed by atoms with Crippen LogP contribution < -0.4 is 0 Å². The number of aliphatic hydroxyl groups excluding tert-OH is 1. The summed E-state index contributed by atoms with van der Waals surface area (Å²) >= 11 is 6.83. The molecule has 0 saturated heterocycles. The van der Waals surface area contributed by atoms with Crippen LogP contribution in [0.15, 0.2) is 39.4 Å². The largest absolute Gasteiger partial charge is 0.388 e. The highest BCUT2D eigenvalue weighted by Crippen LogP contribution is 2.27. The molecule has 1 atom stereocenters. The molecule has 0 aliphatic rings. The number of aromatic nitrogens is 2. The molecule has 1 N–H and O–H groups in total. The molecule has 2 aromatic rings. The van der Waals surface area contributed by atoms with Crippen LogP contribution in [0.3, 0.4) is 0 Å². The summed E-state index contributed by atoms with van der Waals surface area (Å²) < 4.78 is 3.65. The summed E-state index contributed by atoms with van der Waals surface area (Å²) in [4.78, 5) is 0. The molecule has 1 aromatic carbocycles. The van der Waals surface area contributed by atoms with Crippen molar-refractivity contribution in [2.75, 3.05) is 0 Å². The van der Waals surface area contributed by atoms with Gasteiger partial charge in [0.25, 0.3) is 0 Å². The Hall–Kier alpha value is -0.650. The first-order chi connectivity index (χ1) is 8.06. The molecular formula is C12H12Br2N2O. The van der Waals surface area contributed by atoms with Gasteiger partial charge in [-0.2, -0.15) is 5.10 Å². The molecule has 0 aliphatic carbocycles. The normalized spacial score (nSPS) is 12.7. The minimum atomic E-state index is -0.533. The lowest BCUT2D eigenvalue weighted by Gasteiger charge is -2.10. The van der Waals surface area contributed by atoms with Crippen LogP contribution in [0.5, 0.6) is 0 Å². The summed E-state index contributed by atoms with van der Waals surface area (Å²) in [5.41, 5.74) is 1.77. The van der Waals surface area contributed by atoms with Crippen molar-refractivity contribution in [3.8, 4) is 0 Å². The molecule has 17 heavy (non-hydrogen) atoms. The molecule has 5 heteroatoms. The maximum Gasteiger partial charge on any atom is 0.0846 e. The van der Waals surface area contributed by atoms with Gasteiger partial charge < -0.3 is 5.11 Å². The van der Waals surface area contributed by atoms with Crippen molar-refractivity contribution in [1.82, 2.24) is 9.78 Å². The third-order valence-electron chi connectivity index (χ3n) is 2.50. The lowest BCUT2D eigenvalue weighted by Crippen LogP contribution is -2.03. The first-order valence-corrected chi connectivity index (χ1v) is 6.76. The van der Waals surface area contributed by atoms with Crippen molar-refractivity contribution in [3.05, 3.63) is 50.7 Å². The van der Waals surface area contributed by atoms with E-state index >= 15 is 0 Å². The highest BCUT2D eigenvalue weighted by Gasteiger charge is 2.11. The van der Waals surface area contributed by atoms with Gasteiger partial charge in [0.05, 0.1) is 11.8 Å². The number of aliphatic hydroxyl groups is 1. The van der Waals surface area contributed by atoms with Crippen LogP contribution in [0.25, 0.3) is 0 Å². The van der Waals surface area contributed by atoms with E-state index in [1.807, 2.05) is 37.5 Å². The number of benzene rings is 1. The van der Waals surface area contributed by atoms with Crippen molar-refractivity contribution in [2.45, 2.75) is 12.5 Å². The van der Waals surface area contributed by atoms with Gasteiger partial charge in [0.15, 0.2) is 0 Å². The molecule has 0 aliphatic heterocycles. The highest BCUT2D eigenvalue weighted by molar-refractivity contribution is 9.13. The second kappa shape index (κ2) is 5.33. The van der Waals surface area contributed by atoms with Crippen LogP contribution in [0.2, 0.25) is 0 Å². The van der Waals surface area contributed by atoms with E-state index in [9.17, 15) is 5.11 Å². The topological polar surface area (TPSA) is 38.0 Å². The predicted octanol–water partition coefficient (Wildman–Crippen LogP) is 3.22. The Morgan fingerprint density at radius 2 is 2.06 bits per heavy atom. The van der Waals surface area contributed by atoms with Gasteiger partial charge in [-0.1, -0.05) is 6.07 Å². The average Bonchev–Trinajstić information content (AvgIpc) is 2.68. The van der Waals surface area contributed by atoms with Crippen molar-refractivity contribution in [1.29, 1.82) is 0 Å². The zero-order chi connectivity index (χ0) is 12.4. The quantitative estimate of drug-likeness (QED) is 0.913. The summed E-state index contributed by atoms with van der Waals surface area (Å²) in [5.74, 6) is 0. The molecule has 90 valence electrons. The van der Waals surface area contributed by atoms with Crippen molar-refractivity contribution >= 4 is 31.9 Å². The van der Waals surface area contributed by atoms with Crippen molar-refractivity contribution in [3.63, 3.8) is 0 Å². The molecule has 1 heterocycles. The fourth-order valence-electron chi connectivity index (χ4n) is 1.61. The van der Waals surface area contributed by atoms with Gasteiger partial charge in [-0.25, -0.2) is 0 Å². The van der Waals surface area contributed by atoms with E-state index < -0.39 is 6.10 Å². The molecule has 1 unspecified atom stereocenters. The number of hydrogen-bond acceptors (Lipinski definition) is 2. The van der Waals surface area contributed by atoms with Crippen molar-refractivity contribution in [2.24, 2.45) is 7.05 Å². The highest BCUT2D eigenvalue weighted by atomic mass is 79.9. The molecule has 0 radical (unpaired) electrons. The van der Waals surface area contributed by atoms with Crippen LogP contribution in [0.4, 0.5) is 0 Å². The fraction of sp³-hybridized carbons (Fsp3) is 0.250. The van der Waals surface area contributed by atoms with Gasteiger partial charge >= 0.3 is 0 Å². The minimum absolute atomic E-state index is 0.523. The molecule has 0 saturated carbocycles. The van der Waals surface area contributed by atoms with Crippen LogP contribution in [-0.2, 0) is 13.5 Å². The maximum absolute atomic E-state index is 10.1. The molecule has 0 fully saturated rings. The Morgan fingerprint density at radius 3 is 2.65 bits per heavy atom. The van der Waals surface area contributed by atoms with E-state index in [-0.39, 0.29) is 0 Å². The molecule has 0 spiro atoms. The first-order valence-electron chi connectivity index (χ1n) is 5.18. The predicted molar refractivity (Wildman–Crippen MR) is 73.7 cm³/mol. The third kappa shape index (κ3) is 3.18. The number of halogens is 2. The Balaban J connectivity index is 2.14. The van der Waals surface area contributed by atoms with Crippen molar-refractivity contribution < 1.29 is 5.11 Å². The van der Waals surface area contributed by atoms with Crippen LogP contribution in [-0.4, -0.2) is 14.9 Å². The van der Waals surface area contributed by atoms with E-state index in [2.05, 4.69) is 37.0 Å². The molecule has 2 rings (SSSR count). The maximum atomic E-state index is 10.1. The lowest BCUT2D eigenvalue weighted by molar-refractivity contribution is 0.177. The lowest BCUT2D eigenvalue weighted by atomic mass is 10.1. The van der Waals surface area contributed by atoms with Gasteiger partial charge in [0, 0.05) is 28.6 Å². The zero-order valence-corrected chi connectivity index (χ0v) is 12.4. The Morgan fingerprint density at radius 1 is 1.29 bits per heavy atom. The van der Waals surface area contributed by atoms with Gasteiger partial charge in [-0.3, -0.25) is 4.68 Å². The van der Waals surface area contributed by atoms with Crippen LogP contribution in [0, 0.1) is 0 Å². The number of hydrogen-bond donors (Lipinski definition) is 1. The standard InChI is InChI=1S/C12H12Br2N2O/c1-16-5-4-9(15-16)7-12(17)8-2-3-10(13)11(14)6-8/h2-6,12,17H,7H2,1H3. The van der Waals surface area contributed by atoms with E-state index in [4.69, 9.17) is 0 Å². The Labute approximate surface area is 117 Å². The van der Waals surface area contributed by atoms with Gasteiger partial charge in [0.1, 0.15) is 0 Å². The third-order valence-corrected chi connectivity index (χ3v) is 4.38. The monoisotopic (exact) mass is 358 g/mol. The fourth-order valence-corrected chi connectivity index (χ4v) is 2.25. The van der Waals surface area contributed by atoms with Crippen LogP contribution in [0.1, 0.15) is 17.4 Å². The van der Waals surface area contributed by atoms with E-state index in [1.54, 1.807) is 4.68 Å². The van der Waals surface area contributed by atoms with E-state index in [0.717, 1.165) is 20.2 Å². The molecule has 0 amide bonds. The van der Waals surface area contributed by atoms with Crippen LogP contribution >= 0.6 is 31.9 Å². The molecule has 1 aromatic heterocycles. The summed E-state index contributed by atoms with van der Waals surface area (Å²) in [6.45, 7) is 0. The first kappa shape index (κ1) is 12.8. The minimum Gasteiger partial charge on any atom is -0.388 e. The summed E-state index contributed by atoms with van der Waals surface area (Å²) in [6, 6.07) is 7.65. The molecular weight excluding hydrogens is 348 g/mol. The summed E-state index contributed by atoms with van der Waals surface area (Å²) in [7, 11) is 1.87. The van der Waals surface area contributed by atoms with Gasteiger partial charge in [-0.15, -0.1) is 0 Å². The second-order valence-electron chi connectivity index (χ2n) is 3.87. The smallest absolute Gasteiger partial charge is 0.0846 e. The number of aryl methyl sites for hydroxylation is 1. The number of rotatable bonds is 3. The Bertz CT molecular complexity index is 525. The zero-order valence-electron chi connectivity index (χ0n) is 9.27. The average molecular weight is 360 g/mol. The van der Waals surface area contributed by atoms with Gasteiger partial charge in [0.2, 0.25) is 0 Å².